The van der Waals surface area contributed by atoms with E-state index in [0.717, 1.165) is 38.8 Å². The van der Waals surface area contributed by atoms with Gasteiger partial charge < -0.3 is 4.90 Å². The molecule has 0 atom stereocenters. The molecule has 0 bridgehead atoms. The number of sulfonamides is 1. The first kappa shape index (κ1) is 18.4. The summed E-state index contributed by atoms with van der Waals surface area (Å²) >= 11 is 0. The van der Waals surface area contributed by atoms with Crippen LogP contribution in [0.3, 0.4) is 0 Å². The average Bonchev–Trinajstić information content (AvgIpc) is 2.92. The van der Waals surface area contributed by atoms with Crippen molar-refractivity contribution in [3.8, 4) is 0 Å². The third-order valence-corrected chi connectivity index (χ3v) is 7.29. The van der Waals surface area contributed by atoms with Crippen molar-refractivity contribution in [3.05, 3.63) is 30.3 Å². The van der Waals surface area contributed by atoms with Gasteiger partial charge in [-0.25, -0.2) is 8.42 Å². The number of amides is 1. The number of carbonyl (C=O) groups is 1. The molecule has 2 aliphatic heterocycles. The van der Waals surface area contributed by atoms with Crippen molar-refractivity contribution in [1.29, 1.82) is 0 Å². The summed E-state index contributed by atoms with van der Waals surface area (Å²) in [5, 5.41) is 0. The first-order valence-electron chi connectivity index (χ1n) is 9.40. The van der Waals surface area contributed by atoms with Crippen molar-refractivity contribution >= 4 is 15.9 Å². The minimum absolute atomic E-state index is 0.256. The lowest BCUT2D eigenvalue weighted by Gasteiger charge is -2.32. The number of hydrogen-bond donors (Lipinski definition) is 0. The fraction of sp³-hybridized carbons (Fsp3) is 0.632. The van der Waals surface area contributed by atoms with E-state index in [2.05, 4.69) is 0 Å². The summed E-state index contributed by atoms with van der Waals surface area (Å²) in [5.74, 6) is 0.559. The fourth-order valence-corrected chi connectivity index (χ4v) is 5.28. The van der Waals surface area contributed by atoms with Gasteiger partial charge in [0.15, 0.2) is 0 Å². The lowest BCUT2D eigenvalue weighted by molar-refractivity contribution is -0.132. The van der Waals surface area contributed by atoms with Crippen molar-refractivity contribution < 1.29 is 13.2 Å². The maximum atomic E-state index is 12.7. The first-order chi connectivity index (χ1) is 12.1. The molecule has 1 aromatic carbocycles. The minimum atomic E-state index is -3.40. The Kier molecular flexibility index (Phi) is 6.12. The molecule has 2 heterocycles. The molecule has 2 aliphatic rings. The quantitative estimate of drug-likeness (QED) is 0.825. The van der Waals surface area contributed by atoms with Crippen molar-refractivity contribution in [2.24, 2.45) is 5.92 Å². The van der Waals surface area contributed by atoms with Gasteiger partial charge >= 0.3 is 0 Å². The highest BCUT2D eigenvalue weighted by Crippen LogP contribution is 2.26. The Balaban J connectivity index is 1.52. The number of rotatable bonds is 4. The Hall–Kier alpha value is -1.40. The molecule has 25 heavy (non-hydrogen) atoms. The van der Waals surface area contributed by atoms with E-state index in [0.29, 0.717) is 30.3 Å². The van der Waals surface area contributed by atoms with E-state index in [1.807, 2.05) is 11.0 Å². The molecule has 6 heteroatoms. The number of carbonyl (C=O) groups excluding carboxylic acids is 1. The van der Waals surface area contributed by atoms with Gasteiger partial charge in [-0.3, -0.25) is 4.79 Å². The van der Waals surface area contributed by atoms with E-state index in [4.69, 9.17) is 0 Å². The van der Waals surface area contributed by atoms with Crippen molar-refractivity contribution in [2.75, 3.05) is 26.2 Å². The fourth-order valence-electron chi connectivity index (χ4n) is 3.79. The van der Waals surface area contributed by atoms with Gasteiger partial charge in [-0.15, -0.1) is 0 Å². The van der Waals surface area contributed by atoms with E-state index >= 15 is 0 Å². The highest BCUT2D eigenvalue weighted by Gasteiger charge is 2.30. The van der Waals surface area contributed by atoms with Crippen LogP contribution in [0.25, 0.3) is 0 Å². The SMILES string of the molecule is O=C(CC1CCN(S(=O)(=O)c2ccccc2)CC1)N1CCCCCC1. The van der Waals surface area contributed by atoms with E-state index in [9.17, 15) is 13.2 Å². The van der Waals surface area contributed by atoms with Gasteiger partial charge in [-0.1, -0.05) is 31.0 Å². The average molecular weight is 365 g/mol. The van der Waals surface area contributed by atoms with E-state index in [1.54, 1.807) is 28.6 Å². The Morgan fingerprint density at radius 3 is 2.12 bits per heavy atom. The highest BCUT2D eigenvalue weighted by molar-refractivity contribution is 7.89. The Labute approximate surface area is 151 Å². The van der Waals surface area contributed by atoms with E-state index in [1.165, 1.54) is 12.8 Å². The van der Waals surface area contributed by atoms with Crippen molar-refractivity contribution in [3.63, 3.8) is 0 Å². The number of piperidine rings is 1. The Morgan fingerprint density at radius 2 is 1.52 bits per heavy atom. The predicted octanol–water partition coefficient (Wildman–Crippen LogP) is 2.88. The lowest BCUT2D eigenvalue weighted by Crippen LogP contribution is -2.40. The number of nitrogens with zero attached hydrogens (tertiary/aromatic N) is 2. The zero-order valence-electron chi connectivity index (χ0n) is 14.8. The zero-order chi connectivity index (χ0) is 17.7. The maximum Gasteiger partial charge on any atom is 0.243 e. The van der Waals surface area contributed by atoms with Crippen LogP contribution >= 0.6 is 0 Å². The summed E-state index contributed by atoms with van der Waals surface area (Å²) < 4.78 is 26.9. The summed E-state index contributed by atoms with van der Waals surface area (Å²) in [7, 11) is -3.40. The summed E-state index contributed by atoms with van der Waals surface area (Å²) in [6, 6.07) is 8.60. The summed E-state index contributed by atoms with van der Waals surface area (Å²) in [6.45, 7) is 2.80. The largest absolute Gasteiger partial charge is 0.343 e. The summed E-state index contributed by atoms with van der Waals surface area (Å²) in [4.78, 5) is 14.9. The molecule has 0 N–H and O–H groups in total. The molecular weight excluding hydrogens is 336 g/mol. The molecule has 0 aromatic heterocycles. The van der Waals surface area contributed by atoms with Gasteiger partial charge in [-0.05, 0) is 43.7 Å². The summed E-state index contributed by atoms with van der Waals surface area (Å²) in [6.07, 6.45) is 6.77. The van der Waals surface area contributed by atoms with Gasteiger partial charge in [0.05, 0.1) is 4.90 Å². The van der Waals surface area contributed by atoms with Gasteiger partial charge in [0.2, 0.25) is 15.9 Å². The number of likely N-dealkylation sites (tertiary alicyclic amines) is 1. The molecule has 0 saturated carbocycles. The van der Waals surface area contributed by atoms with Gasteiger partial charge in [0.25, 0.3) is 0 Å². The molecule has 0 unspecified atom stereocenters. The maximum absolute atomic E-state index is 12.7. The topological polar surface area (TPSA) is 57.7 Å². The monoisotopic (exact) mass is 364 g/mol. The van der Waals surface area contributed by atoms with Gasteiger partial charge in [0, 0.05) is 32.6 Å². The molecule has 5 nitrogen and oxygen atoms in total. The van der Waals surface area contributed by atoms with Crippen LogP contribution in [0.5, 0.6) is 0 Å². The van der Waals surface area contributed by atoms with Crippen LogP contribution in [0.4, 0.5) is 0 Å². The van der Waals surface area contributed by atoms with Crippen LogP contribution in [-0.4, -0.2) is 49.7 Å². The number of benzene rings is 1. The highest BCUT2D eigenvalue weighted by atomic mass is 32.2. The summed E-state index contributed by atoms with van der Waals surface area (Å²) in [5.41, 5.74) is 0. The predicted molar refractivity (Wildman–Crippen MR) is 97.6 cm³/mol. The molecule has 2 saturated heterocycles. The van der Waals surface area contributed by atoms with E-state index < -0.39 is 10.0 Å². The van der Waals surface area contributed by atoms with Crippen molar-refractivity contribution in [1.82, 2.24) is 9.21 Å². The van der Waals surface area contributed by atoms with Crippen LogP contribution in [0.2, 0.25) is 0 Å². The smallest absolute Gasteiger partial charge is 0.243 e. The second kappa shape index (κ2) is 8.32. The second-order valence-electron chi connectivity index (χ2n) is 7.16. The molecule has 0 aliphatic carbocycles. The normalized spacial score (nSPS) is 21.0. The molecule has 1 aromatic rings. The van der Waals surface area contributed by atoms with Crippen LogP contribution < -0.4 is 0 Å². The standard InChI is InChI=1S/C19H28N2O3S/c22-19(20-12-6-1-2-7-13-20)16-17-10-14-21(15-11-17)25(23,24)18-8-4-3-5-9-18/h3-5,8-9,17H,1-2,6-7,10-16H2. The molecule has 138 valence electrons. The third-order valence-electron chi connectivity index (χ3n) is 5.38. The van der Waals surface area contributed by atoms with Crippen molar-refractivity contribution in [2.45, 2.75) is 49.8 Å². The Bertz CT molecular complexity index is 659. The Morgan fingerprint density at radius 1 is 0.920 bits per heavy atom. The van der Waals surface area contributed by atoms with Crippen LogP contribution in [0.1, 0.15) is 44.9 Å². The van der Waals surface area contributed by atoms with Crippen LogP contribution in [0, 0.1) is 5.92 Å². The molecule has 0 radical (unpaired) electrons. The van der Waals surface area contributed by atoms with Gasteiger partial charge in [0.1, 0.15) is 0 Å². The third kappa shape index (κ3) is 4.61. The molecule has 0 spiro atoms. The lowest BCUT2D eigenvalue weighted by atomic mass is 9.94. The minimum Gasteiger partial charge on any atom is -0.343 e. The molecule has 3 rings (SSSR count). The molecule has 2 fully saturated rings. The van der Waals surface area contributed by atoms with E-state index in [-0.39, 0.29) is 5.91 Å². The van der Waals surface area contributed by atoms with Crippen LogP contribution in [0.15, 0.2) is 35.2 Å². The molecular formula is C19H28N2O3S. The second-order valence-corrected chi connectivity index (χ2v) is 9.10. The van der Waals surface area contributed by atoms with Crippen LogP contribution in [-0.2, 0) is 14.8 Å². The van der Waals surface area contributed by atoms with Gasteiger partial charge in [-0.2, -0.15) is 4.31 Å². The number of hydrogen-bond acceptors (Lipinski definition) is 3. The zero-order valence-corrected chi connectivity index (χ0v) is 15.6. The first-order valence-corrected chi connectivity index (χ1v) is 10.8. The molecule has 1 amide bonds.